The number of nitrogens with zero attached hydrogens (tertiary/aromatic N) is 2. The van der Waals surface area contributed by atoms with Crippen molar-refractivity contribution < 1.29 is 13.2 Å². The van der Waals surface area contributed by atoms with E-state index >= 15 is 0 Å². The lowest BCUT2D eigenvalue weighted by atomic mass is 10.0. The highest BCUT2D eigenvalue weighted by molar-refractivity contribution is 9.11. The van der Waals surface area contributed by atoms with Crippen molar-refractivity contribution >= 4 is 82.6 Å². The average molecular weight is 553 g/mol. The lowest BCUT2D eigenvalue weighted by Gasteiger charge is -2.32. The predicted molar refractivity (Wildman–Crippen MR) is 123 cm³/mol. The lowest BCUT2D eigenvalue weighted by molar-refractivity contribution is -0.120. The summed E-state index contributed by atoms with van der Waals surface area (Å²) in [5, 5.41) is 5.13. The first-order chi connectivity index (χ1) is 13.8. The van der Waals surface area contributed by atoms with Gasteiger partial charge in [0.2, 0.25) is 5.91 Å². The molecular weight excluding hydrogens is 538 g/mol. The van der Waals surface area contributed by atoms with Crippen molar-refractivity contribution in [3.05, 3.63) is 37.8 Å². The van der Waals surface area contributed by atoms with E-state index in [1.807, 2.05) is 17.5 Å². The molecule has 12 heteroatoms. The molecule has 0 aliphatic carbocycles. The summed E-state index contributed by atoms with van der Waals surface area (Å²) in [6.07, 6.45) is 1.98. The number of anilines is 1. The molecule has 29 heavy (non-hydrogen) atoms. The van der Waals surface area contributed by atoms with Crippen LogP contribution in [-0.2, 0) is 14.8 Å². The Labute approximate surface area is 193 Å². The average Bonchev–Trinajstić information content (AvgIpc) is 3.43. The third-order valence-electron chi connectivity index (χ3n) is 4.43. The van der Waals surface area contributed by atoms with Gasteiger partial charge < -0.3 is 5.32 Å². The largest absolute Gasteiger partial charge is 0.301 e. The Balaban J connectivity index is 1.53. The highest BCUT2D eigenvalue weighted by atomic mass is 79.9. The molecule has 1 atom stereocenters. The Hall–Kier alpha value is -0.820. The van der Waals surface area contributed by atoms with Gasteiger partial charge in [-0.15, -0.1) is 34.0 Å². The van der Waals surface area contributed by atoms with Crippen LogP contribution in [0.5, 0.6) is 0 Å². The number of halogens is 2. The molecule has 1 aliphatic heterocycles. The molecule has 6 nitrogen and oxygen atoms in total. The summed E-state index contributed by atoms with van der Waals surface area (Å²) in [4.78, 5) is 18.4. The molecule has 4 rings (SSSR count). The number of amides is 1. The van der Waals surface area contributed by atoms with Gasteiger partial charge in [-0.25, -0.2) is 13.4 Å². The van der Waals surface area contributed by atoms with Gasteiger partial charge in [0, 0.05) is 11.9 Å². The van der Waals surface area contributed by atoms with E-state index in [1.54, 1.807) is 17.4 Å². The molecule has 1 aliphatic rings. The molecule has 4 heterocycles. The number of thiazole rings is 1. The van der Waals surface area contributed by atoms with E-state index in [2.05, 4.69) is 26.2 Å². The van der Waals surface area contributed by atoms with E-state index in [1.165, 1.54) is 21.7 Å². The monoisotopic (exact) mass is 551 g/mol. The molecule has 3 aromatic heterocycles. The van der Waals surface area contributed by atoms with E-state index in [4.69, 9.17) is 11.6 Å². The van der Waals surface area contributed by atoms with Crippen molar-refractivity contribution in [1.29, 1.82) is 0 Å². The molecule has 1 N–H and O–H groups in total. The zero-order valence-electron chi connectivity index (χ0n) is 14.8. The summed E-state index contributed by atoms with van der Waals surface area (Å²) >= 11 is 13.2. The summed E-state index contributed by atoms with van der Waals surface area (Å²) < 4.78 is 28.9. The van der Waals surface area contributed by atoms with Gasteiger partial charge in [-0.05, 0) is 53.0 Å². The summed E-state index contributed by atoms with van der Waals surface area (Å²) in [5.41, 5.74) is 0.780. The molecule has 154 valence electrons. The fourth-order valence-corrected chi connectivity index (χ4v) is 8.49. The molecule has 0 spiro atoms. The van der Waals surface area contributed by atoms with Crippen molar-refractivity contribution in [3.63, 3.8) is 0 Å². The quantitative estimate of drug-likeness (QED) is 0.451. The third-order valence-corrected chi connectivity index (χ3v) is 10.4. The van der Waals surface area contributed by atoms with Crippen molar-refractivity contribution in [2.24, 2.45) is 0 Å². The normalized spacial score (nSPS) is 18.1. The summed E-state index contributed by atoms with van der Waals surface area (Å²) in [6.45, 7) is 0.308. The number of rotatable bonds is 5. The lowest BCUT2D eigenvalue weighted by Crippen LogP contribution is -2.49. The number of nitrogens with one attached hydrogen (secondary N) is 1. The van der Waals surface area contributed by atoms with Crippen LogP contribution in [0.25, 0.3) is 10.6 Å². The van der Waals surface area contributed by atoms with Crippen LogP contribution in [0, 0.1) is 0 Å². The van der Waals surface area contributed by atoms with Crippen molar-refractivity contribution in [3.8, 4) is 10.6 Å². The first kappa shape index (κ1) is 21.4. The van der Waals surface area contributed by atoms with Gasteiger partial charge in [-0.2, -0.15) is 4.31 Å². The first-order valence-corrected chi connectivity index (χ1v) is 13.8. The number of hydrogen-bond donors (Lipinski definition) is 1. The van der Waals surface area contributed by atoms with Gasteiger partial charge in [-0.1, -0.05) is 18.0 Å². The molecular formula is C17H15BrClN3O3S4. The summed E-state index contributed by atoms with van der Waals surface area (Å²) in [5.74, 6) is -0.357. The molecule has 1 fully saturated rings. The van der Waals surface area contributed by atoms with E-state index in [9.17, 15) is 13.2 Å². The molecule has 1 unspecified atom stereocenters. The predicted octanol–water partition coefficient (Wildman–Crippen LogP) is 5.53. The minimum Gasteiger partial charge on any atom is -0.301 e. The summed E-state index contributed by atoms with van der Waals surface area (Å²) in [7, 11) is -3.78. The molecule has 0 radical (unpaired) electrons. The smallest absolute Gasteiger partial charge is 0.253 e. The van der Waals surface area contributed by atoms with Crippen LogP contribution in [0.4, 0.5) is 5.13 Å². The minimum atomic E-state index is -3.78. The molecule has 3 aromatic rings. The van der Waals surface area contributed by atoms with Gasteiger partial charge in [0.1, 0.15) is 10.3 Å². The van der Waals surface area contributed by atoms with Crippen LogP contribution < -0.4 is 5.32 Å². The molecule has 0 aromatic carbocycles. The van der Waals surface area contributed by atoms with Gasteiger partial charge in [-0.3, -0.25) is 4.79 Å². The standard InChI is InChI=1S/C17H15BrClN3O3S4/c18-13-5-4-12(27-13)10-9-26-17(20-10)21-16(23)11-3-1-2-8-22(11)29(24,25)15-7-6-14(19)28-15/h4-7,9,11H,1-3,8H2,(H,20,21,23). The number of carbonyl (C=O) groups excluding carboxylic acids is 1. The highest BCUT2D eigenvalue weighted by Crippen LogP contribution is 2.34. The Morgan fingerprint density at radius 1 is 1.24 bits per heavy atom. The summed E-state index contributed by atoms with van der Waals surface area (Å²) in [6, 6.07) is 6.17. The van der Waals surface area contributed by atoms with E-state index < -0.39 is 16.1 Å². The molecule has 0 saturated carbocycles. The van der Waals surface area contributed by atoms with E-state index in [0.717, 1.165) is 38.5 Å². The maximum absolute atomic E-state index is 13.0. The van der Waals surface area contributed by atoms with Gasteiger partial charge in [0.25, 0.3) is 10.0 Å². The van der Waals surface area contributed by atoms with Gasteiger partial charge in [0.05, 0.1) is 18.7 Å². The fourth-order valence-electron chi connectivity index (χ4n) is 3.09. The minimum absolute atomic E-state index is 0.155. The Bertz CT molecular complexity index is 1140. The van der Waals surface area contributed by atoms with E-state index in [-0.39, 0.29) is 10.1 Å². The Kier molecular flexibility index (Phi) is 6.45. The highest BCUT2D eigenvalue weighted by Gasteiger charge is 2.38. The van der Waals surface area contributed by atoms with Gasteiger partial charge in [0.15, 0.2) is 5.13 Å². The number of thiophene rings is 2. The number of carbonyl (C=O) groups is 1. The zero-order valence-corrected chi connectivity index (χ0v) is 20.4. The number of piperidine rings is 1. The molecule has 1 amide bonds. The van der Waals surface area contributed by atoms with Crippen LogP contribution in [0.2, 0.25) is 4.34 Å². The first-order valence-electron chi connectivity index (χ1n) is 8.64. The van der Waals surface area contributed by atoms with Crippen LogP contribution in [-0.4, -0.2) is 36.2 Å². The maximum atomic E-state index is 13.0. The second-order valence-electron chi connectivity index (χ2n) is 6.32. The maximum Gasteiger partial charge on any atom is 0.253 e. The topological polar surface area (TPSA) is 79.4 Å². The number of aromatic nitrogens is 1. The van der Waals surface area contributed by atoms with Crippen LogP contribution >= 0.6 is 61.5 Å². The third kappa shape index (κ3) is 4.60. The number of sulfonamides is 1. The zero-order chi connectivity index (χ0) is 20.6. The van der Waals surface area contributed by atoms with Crippen molar-refractivity contribution in [2.75, 3.05) is 11.9 Å². The van der Waals surface area contributed by atoms with Crippen molar-refractivity contribution in [1.82, 2.24) is 9.29 Å². The van der Waals surface area contributed by atoms with Crippen LogP contribution in [0.1, 0.15) is 19.3 Å². The van der Waals surface area contributed by atoms with Gasteiger partial charge >= 0.3 is 0 Å². The van der Waals surface area contributed by atoms with E-state index in [0.29, 0.717) is 22.4 Å². The molecule has 1 saturated heterocycles. The van der Waals surface area contributed by atoms with Crippen LogP contribution in [0.3, 0.4) is 0 Å². The second kappa shape index (κ2) is 8.74. The molecule has 0 bridgehead atoms. The van der Waals surface area contributed by atoms with Crippen LogP contribution in [0.15, 0.2) is 37.6 Å². The Morgan fingerprint density at radius 3 is 2.76 bits per heavy atom. The SMILES string of the molecule is O=C(Nc1nc(-c2ccc(Br)s2)cs1)C1CCCCN1S(=O)(=O)c1ccc(Cl)s1. The number of hydrogen-bond acceptors (Lipinski definition) is 7. The van der Waals surface area contributed by atoms with Crippen molar-refractivity contribution in [2.45, 2.75) is 29.5 Å². The fraction of sp³-hybridized carbons (Fsp3) is 0.294. The second-order valence-corrected chi connectivity index (χ2v) is 13.5. The Morgan fingerprint density at radius 2 is 2.07 bits per heavy atom.